The molecular weight excluding hydrogens is 196 g/mol. The van der Waals surface area contributed by atoms with Crippen molar-refractivity contribution in [1.29, 1.82) is 0 Å². The molecule has 0 spiro atoms. The van der Waals surface area contributed by atoms with Gasteiger partial charge in [-0.15, -0.1) is 0 Å². The van der Waals surface area contributed by atoms with Crippen LogP contribution in [0.15, 0.2) is 24.3 Å². The molecule has 0 aliphatic rings. The second kappa shape index (κ2) is 4.93. The lowest BCUT2D eigenvalue weighted by Gasteiger charge is -2.16. The maximum Gasteiger partial charge on any atom is 0.118 e. The van der Waals surface area contributed by atoms with E-state index in [2.05, 4.69) is 0 Å². The highest BCUT2D eigenvalue weighted by Crippen LogP contribution is 2.12. The molecule has 0 bridgehead atoms. The van der Waals surface area contributed by atoms with Crippen molar-refractivity contribution >= 4 is 17.2 Å². The monoisotopic (exact) mass is 210 g/mol. The third-order valence-corrected chi connectivity index (χ3v) is 2.15. The second-order valence-corrected chi connectivity index (χ2v) is 3.59. The van der Waals surface area contributed by atoms with E-state index in [1.165, 1.54) is 5.01 Å². The number of nitrogens with zero attached hydrogens (tertiary/aromatic N) is 1. The Hall–Kier alpha value is -1.13. The molecule has 1 aromatic rings. The first-order valence-electron chi connectivity index (χ1n) is 4.29. The average molecular weight is 210 g/mol. The van der Waals surface area contributed by atoms with Crippen molar-refractivity contribution in [3.05, 3.63) is 29.8 Å². The first-order valence-corrected chi connectivity index (χ1v) is 4.70. The topological polar surface area (TPSA) is 38.5 Å². The SMILES string of the molecule is COc1ccc(CN(N)C(C)=S)cc1. The molecule has 0 heterocycles. The smallest absolute Gasteiger partial charge is 0.118 e. The first kappa shape index (κ1) is 10.9. The molecule has 0 saturated carbocycles. The number of hydrogen-bond donors (Lipinski definition) is 1. The lowest BCUT2D eigenvalue weighted by atomic mass is 10.2. The maximum absolute atomic E-state index is 5.68. The molecule has 1 rings (SSSR count). The number of rotatable bonds is 3. The number of benzene rings is 1. The van der Waals surface area contributed by atoms with Gasteiger partial charge in [0.15, 0.2) is 0 Å². The summed E-state index contributed by atoms with van der Waals surface area (Å²) in [5.41, 5.74) is 1.11. The van der Waals surface area contributed by atoms with Crippen LogP contribution in [0.2, 0.25) is 0 Å². The molecule has 1 aromatic carbocycles. The summed E-state index contributed by atoms with van der Waals surface area (Å²) < 4.78 is 5.05. The minimum Gasteiger partial charge on any atom is -0.497 e. The number of nitrogens with two attached hydrogens (primary N) is 1. The summed E-state index contributed by atoms with van der Waals surface area (Å²) in [7, 11) is 1.64. The predicted molar refractivity (Wildman–Crippen MR) is 61.0 cm³/mol. The van der Waals surface area contributed by atoms with Gasteiger partial charge in [0.25, 0.3) is 0 Å². The van der Waals surface area contributed by atoms with E-state index in [9.17, 15) is 0 Å². The van der Waals surface area contributed by atoms with Crippen molar-refractivity contribution < 1.29 is 4.74 Å². The molecule has 3 nitrogen and oxygen atoms in total. The molecular formula is C10H14N2OS. The standard InChI is InChI=1S/C10H14N2OS/c1-8(14)12(11)7-9-3-5-10(13-2)6-4-9/h3-6H,7,11H2,1-2H3. The molecule has 2 N–H and O–H groups in total. The highest BCUT2D eigenvalue weighted by molar-refractivity contribution is 7.80. The molecule has 0 aliphatic heterocycles. The van der Waals surface area contributed by atoms with Crippen LogP contribution in [-0.4, -0.2) is 17.1 Å². The summed E-state index contributed by atoms with van der Waals surface area (Å²) in [6, 6.07) is 7.75. The lowest BCUT2D eigenvalue weighted by molar-refractivity contribution is 0.413. The molecule has 76 valence electrons. The van der Waals surface area contributed by atoms with E-state index in [1.54, 1.807) is 14.0 Å². The van der Waals surface area contributed by atoms with Crippen molar-refractivity contribution in [3.8, 4) is 5.75 Å². The average Bonchev–Trinajstić information content (AvgIpc) is 2.19. The van der Waals surface area contributed by atoms with E-state index in [4.69, 9.17) is 22.8 Å². The highest BCUT2D eigenvalue weighted by atomic mass is 32.1. The Morgan fingerprint density at radius 3 is 2.43 bits per heavy atom. The van der Waals surface area contributed by atoms with Crippen LogP contribution in [-0.2, 0) is 6.54 Å². The van der Waals surface area contributed by atoms with Gasteiger partial charge >= 0.3 is 0 Å². The van der Waals surface area contributed by atoms with Crippen molar-refractivity contribution in [2.24, 2.45) is 5.84 Å². The number of ether oxygens (including phenoxy) is 1. The third-order valence-electron chi connectivity index (χ3n) is 1.92. The van der Waals surface area contributed by atoms with Crippen molar-refractivity contribution in [2.45, 2.75) is 13.5 Å². The molecule has 0 radical (unpaired) electrons. The lowest BCUT2D eigenvalue weighted by Crippen LogP contribution is -2.33. The van der Waals surface area contributed by atoms with Crippen LogP contribution in [0.4, 0.5) is 0 Å². The normalized spacial score (nSPS) is 9.64. The number of hydrazine groups is 1. The molecule has 0 aromatic heterocycles. The Labute approximate surface area is 89.4 Å². The van der Waals surface area contributed by atoms with Crippen LogP contribution in [0.5, 0.6) is 5.75 Å². The summed E-state index contributed by atoms with van der Waals surface area (Å²) >= 11 is 4.94. The zero-order valence-electron chi connectivity index (χ0n) is 8.36. The van der Waals surface area contributed by atoms with Crippen LogP contribution in [0.3, 0.4) is 0 Å². The fourth-order valence-electron chi connectivity index (χ4n) is 1.04. The second-order valence-electron chi connectivity index (χ2n) is 2.99. The minimum atomic E-state index is 0.624. The largest absolute Gasteiger partial charge is 0.497 e. The van der Waals surface area contributed by atoms with Gasteiger partial charge in [0.1, 0.15) is 5.75 Å². The quantitative estimate of drug-likeness (QED) is 0.468. The Morgan fingerprint density at radius 1 is 1.43 bits per heavy atom. The van der Waals surface area contributed by atoms with E-state index in [-0.39, 0.29) is 0 Å². The molecule has 0 aliphatic carbocycles. The predicted octanol–water partition coefficient (Wildman–Crippen LogP) is 1.72. The van der Waals surface area contributed by atoms with Gasteiger partial charge < -0.3 is 9.75 Å². The third kappa shape index (κ3) is 2.97. The van der Waals surface area contributed by atoms with Gasteiger partial charge in [0.2, 0.25) is 0 Å². The first-order chi connectivity index (χ1) is 6.63. The number of methoxy groups -OCH3 is 1. The van der Waals surface area contributed by atoms with Gasteiger partial charge in [-0.05, 0) is 24.6 Å². The Morgan fingerprint density at radius 2 is 2.00 bits per heavy atom. The van der Waals surface area contributed by atoms with Crippen LogP contribution in [0, 0.1) is 0 Å². The molecule has 0 saturated heterocycles. The summed E-state index contributed by atoms with van der Waals surface area (Å²) in [5, 5.41) is 1.54. The van der Waals surface area contributed by atoms with Gasteiger partial charge in [0.05, 0.1) is 18.6 Å². The number of hydrogen-bond acceptors (Lipinski definition) is 3. The van der Waals surface area contributed by atoms with Crippen LogP contribution in [0.25, 0.3) is 0 Å². The van der Waals surface area contributed by atoms with Crippen LogP contribution in [0.1, 0.15) is 12.5 Å². The van der Waals surface area contributed by atoms with Gasteiger partial charge in [-0.25, -0.2) is 5.84 Å². The Balaban J connectivity index is 2.64. The summed E-state index contributed by atoms with van der Waals surface area (Å²) in [5.74, 6) is 6.52. The zero-order chi connectivity index (χ0) is 10.6. The van der Waals surface area contributed by atoms with Gasteiger partial charge in [0, 0.05) is 0 Å². The zero-order valence-corrected chi connectivity index (χ0v) is 9.17. The van der Waals surface area contributed by atoms with Crippen molar-refractivity contribution in [1.82, 2.24) is 5.01 Å². The fraction of sp³-hybridized carbons (Fsp3) is 0.300. The van der Waals surface area contributed by atoms with Gasteiger partial charge in [-0.2, -0.15) is 0 Å². The van der Waals surface area contributed by atoms with Crippen molar-refractivity contribution in [3.63, 3.8) is 0 Å². The maximum atomic E-state index is 5.68. The molecule has 0 atom stereocenters. The summed E-state index contributed by atoms with van der Waals surface area (Å²) in [6.07, 6.45) is 0. The van der Waals surface area contributed by atoms with Gasteiger partial charge in [-0.1, -0.05) is 24.4 Å². The highest BCUT2D eigenvalue weighted by Gasteiger charge is 2.00. The van der Waals surface area contributed by atoms with Crippen LogP contribution >= 0.6 is 12.2 Å². The van der Waals surface area contributed by atoms with Crippen LogP contribution < -0.4 is 10.6 Å². The number of thiocarbonyl (C=S) groups is 1. The van der Waals surface area contributed by atoms with E-state index in [0.29, 0.717) is 11.5 Å². The van der Waals surface area contributed by atoms with Gasteiger partial charge in [-0.3, -0.25) is 0 Å². The molecule has 4 heteroatoms. The molecule has 14 heavy (non-hydrogen) atoms. The minimum absolute atomic E-state index is 0.624. The Kier molecular flexibility index (Phi) is 3.85. The Bertz CT molecular complexity index is 310. The molecule has 0 fully saturated rings. The van der Waals surface area contributed by atoms with Crippen molar-refractivity contribution in [2.75, 3.05) is 7.11 Å². The van der Waals surface area contributed by atoms with E-state index < -0.39 is 0 Å². The molecule has 0 amide bonds. The summed E-state index contributed by atoms with van der Waals surface area (Å²) in [4.78, 5) is 0.681. The van der Waals surface area contributed by atoms with E-state index in [0.717, 1.165) is 11.3 Å². The van der Waals surface area contributed by atoms with E-state index >= 15 is 0 Å². The molecule has 0 unspecified atom stereocenters. The summed E-state index contributed by atoms with van der Waals surface area (Å²) in [6.45, 7) is 2.43. The van der Waals surface area contributed by atoms with E-state index in [1.807, 2.05) is 24.3 Å². The fourth-order valence-corrected chi connectivity index (χ4v) is 1.10.